The van der Waals surface area contributed by atoms with Crippen LogP contribution >= 0.6 is 120 Å². The zero-order chi connectivity index (χ0) is 26.5. The van der Waals surface area contributed by atoms with Gasteiger partial charge in [-0.1, -0.05) is 19.1 Å². The van der Waals surface area contributed by atoms with Crippen molar-refractivity contribution >= 4 is 120 Å². The van der Waals surface area contributed by atoms with Crippen LogP contribution in [0.25, 0.3) is 0 Å². The molecule has 0 amide bonds. The van der Waals surface area contributed by atoms with Gasteiger partial charge in [0.25, 0.3) is 0 Å². The Morgan fingerprint density at radius 1 is 0.457 bits per heavy atom. The summed E-state index contributed by atoms with van der Waals surface area (Å²) in [6, 6.07) is 0. The van der Waals surface area contributed by atoms with Gasteiger partial charge in [0.05, 0.1) is 0 Å². The van der Waals surface area contributed by atoms with Gasteiger partial charge in [0.1, 0.15) is 0 Å². The van der Waals surface area contributed by atoms with E-state index in [0.717, 1.165) is 28.8 Å². The Bertz CT molecular complexity index is 329. The minimum Gasteiger partial charge on any atom is -0.179 e. The zero-order valence-electron chi connectivity index (χ0n) is 21.9. The summed E-state index contributed by atoms with van der Waals surface area (Å²) in [5.74, 6) is 20.6. The topological polar surface area (TPSA) is 0 Å². The summed E-state index contributed by atoms with van der Waals surface area (Å²) in [5, 5.41) is 0. The molecule has 35 heavy (non-hydrogen) atoms. The Morgan fingerprint density at radius 2 is 0.771 bits per heavy atom. The molecule has 0 radical (unpaired) electrons. The number of hydrogen-bond donors (Lipinski definition) is 3. The van der Waals surface area contributed by atoms with Gasteiger partial charge in [-0.05, 0) is 65.3 Å². The third-order valence-electron chi connectivity index (χ3n) is 3.43. The van der Waals surface area contributed by atoms with Crippen LogP contribution in [0, 0.1) is 0 Å². The third-order valence-corrected chi connectivity index (χ3v) is 12.9. The van der Waals surface area contributed by atoms with Gasteiger partial charge in [0, 0.05) is 51.8 Å². The van der Waals surface area contributed by atoms with E-state index in [1.807, 2.05) is 59.2 Å². The fourth-order valence-corrected chi connectivity index (χ4v) is 9.12. The third kappa shape index (κ3) is 53.9. The van der Waals surface area contributed by atoms with Crippen molar-refractivity contribution in [1.82, 2.24) is 0 Å². The van der Waals surface area contributed by atoms with Gasteiger partial charge >= 0.3 is 0 Å². The van der Waals surface area contributed by atoms with E-state index in [-0.39, 0.29) is 0 Å². The van der Waals surface area contributed by atoms with E-state index in [1.54, 1.807) is 0 Å². The van der Waals surface area contributed by atoms with Gasteiger partial charge in [-0.15, -0.1) is 13.2 Å². The number of rotatable bonds is 26. The van der Waals surface area contributed by atoms with E-state index in [4.69, 9.17) is 0 Å². The SMILES string of the molecule is C=CCSCC=C.CCCSCCS.SCCSCCSCCCSCCCSCCSCCS. The highest BCUT2D eigenvalue weighted by Crippen LogP contribution is 2.14. The molecule has 0 aromatic heterocycles. The minimum absolute atomic E-state index is 1.01. The Balaban J connectivity index is -0.000000594. The summed E-state index contributed by atoms with van der Waals surface area (Å²) < 4.78 is 0. The molecule has 0 heterocycles. The van der Waals surface area contributed by atoms with Crippen molar-refractivity contribution < 1.29 is 0 Å². The molecule has 10 heteroatoms. The molecule has 0 saturated carbocycles. The quantitative estimate of drug-likeness (QED) is 0.0470. The largest absolute Gasteiger partial charge is 0.179 e. The lowest BCUT2D eigenvalue weighted by Gasteiger charge is -2.03. The summed E-state index contributed by atoms with van der Waals surface area (Å²) >= 11 is 26.7. The lowest BCUT2D eigenvalue weighted by atomic mass is 10.6. The molecule has 0 aliphatic rings. The second-order valence-electron chi connectivity index (χ2n) is 6.67. The van der Waals surface area contributed by atoms with E-state index >= 15 is 0 Å². The van der Waals surface area contributed by atoms with Crippen LogP contribution in [0.15, 0.2) is 25.3 Å². The number of thioether (sulfide) groups is 7. The molecule has 0 atom stereocenters. The van der Waals surface area contributed by atoms with E-state index < -0.39 is 0 Å². The molecule has 0 N–H and O–H groups in total. The maximum Gasteiger partial charge on any atom is 0.0113 e. The fourth-order valence-electron chi connectivity index (χ4n) is 1.95. The van der Waals surface area contributed by atoms with Crippen molar-refractivity contribution in [2.45, 2.75) is 26.2 Å². The Labute approximate surface area is 266 Å². The summed E-state index contributed by atoms with van der Waals surface area (Å²) in [4.78, 5) is 0. The number of hydrogen-bond acceptors (Lipinski definition) is 10. The molecule has 212 valence electrons. The van der Waals surface area contributed by atoms with Gasteiger partial charge in [-0.3, -0.25) is 0 Å². The summed E-state index contributed by atoms with van der Waals surface area (Å²) in [6.45, 7) is 9.35. The van der Waals surface area contributed by atoms with Gasteiger partial charge < -0.3 is 0 Å². The molecular formula is C25H52S10. The first kappa shape index (κ1) is 42.4. The van der Waals surface area contributed by atoms with Crippen molar-refractivity contribution in [1.29, 1.82) is 0 Å². The molecule has 0 bridgehead atoms. The van der Waals surface area contributed by atoms with E-state index in [0.29, 0.717) is 0 Å². The summed E-state index contributed by atoms with van der Waals surface area (Å²) in [5.41, 5.74) is 0. The lowest BCUT2D eigenvalue weighted by Crippen LogP contribution is -1.93. The van der Waals surface area contributed by atoms with Crippen molar-refractivity contribution in [3.05, 3.63) is 25.3 Å². The molecule has 0 spiro atoms. The van der Waals surface area contributed by atoms with Crippen LogP contribution in [0.5, 0.6) is 0 Å². The summed E-state index contributed by atoms with van der Waals surface area (Å²) in [6.07, 6.45) is 7.83. The van der Waals surface area contributed by atoms with Gasteiger partial charge in [0.2, 0.25) is 0 Å². The van der Waals surface area contributed by atoms with Gasteiger partial charge in [0.15, 0.2) is 0 Å². The van der Waals surface area contributed by atoms with Crippen LogP contribution in [-0.4, -0.2) is 97.8 Å². The average molecular weight is 673 g/mol. The fraction of sp³-hybridized carbons (Fsp3) is 0.840. The average Bonchev–Trinajstić information content (AvgIpc) is 2.87. The van der Waals surface area contributed by atoms with Crippen LogP contribution in [0.2, 0.25) is 0 Å². The first-order chi connectivity index (χ1) is 17.2. The first-order valence-electron chi connectivity index (χ1n) is 12.3. The molecule has 0 aliphatic carbocycles. The molecule has 0 unspecified atom stereocenters. The highest BCUT2D eigenvalue weighted by atomic mass is 32.2. The van der Waals surface area contributed by atoms with Crippen LogP contribution in [0.3, 0.4) is 0 Å². The minimum atomic E-state index is 1.01. The molecule has 0 nitrogen and oxygen atoms in total. The normalized spacial score (nSPS) is 10.2. The van der Waals surface area contributed by atoms with Gasteiger partial charge in [-0.25, -0.2) is 0 Å². The zero-order valence-corrected chi connectivity index (χ0v) is 30.3. The monoisotopic (exact) mass is 672 g/mol. The molecule has 0 fully saturated rings. The first-order valence-corrected chi connectivity index (χ1v) is 22.3. The standard InChI is InChI=1S/C14H30S7.C6H10S.C5H12S2/c15-3-9-20-13-11-18-7-1-5-17-6-2-8-19-12-14-21-10-4-16;1-3-5-7-6-4-2;1-2-4-7-5-3-6/h15-16H,1-14H2;3-4H,1-2,5-6H2;6H,2-5H2,1H3. The molecule has 0 saturated heterocycles. The Hall–Kier alpha value is 2.98. The van der Waals surface area contributed by atoms with Gasteiger partial charge in [-0.2, -0.15) is 120 Å². The smallest absolute Gasteiger partial charge is 0.0113 e. The Morgan fingerprint density at radius 3 is 1.09 bits per heavy atom. The number of thiol groups is 3. The van der Waals surface area contributed by atoms with Crippen molar-refractivity contribution in [2.24, 2.45) is 0 Å². The van der Waals surface area contributed by atoms with Crippen molar-refractivity contribution in [3.63, 3.8) is 0 Å². The predicted molar refractivity (Wildman–Crippen MR) is 203 cm³/mol. The predicted octanol–water partition coefficient (Wildman–Crippen LogP) is 9.44. The molecule has 0 aromatic rings. The van der Waals surface area contributed by atoms with Crippen molar-refractivity contribution in [3.8, 4) is 0 Å². The molecule has 0 aliphatic heterocycles. The van der Waals surface area contributed by atoms with Crippen LogP contribution in [0.4, 0.5) is 0 Å². The van der Waals surface area contributed by atoms with Crippen LogP contribution in [-0.2, 0) is 0 Å². The van der Waals surface area contributed by atoms with Crippen LogP contribution in [0.1, 0.15) is 26.2 Å². The highest BCUT2D eigenvalue weighted by molar-refractivity contribution is 8.04. The van der Waals surface area contributed by atoms with Crippen LogP contribution < -0.4 is 0 Å². The lowest BCUT2D eigenvalue weighted by molar-refractivity contribution is 1.09. The second-order valence-corrected chi connectivity index (χ2v) is 16.4. The van der Waals surface area contributed by atoms with E-state index in [1.165, 1.54) is 88.3 Å². The molecule has 0 aromatic carbocycles. The maximum absolute atomic E-state index is 4.22. The highest BCUT2D eigenvalue weighted by Gasteiger charge is 1.95. The maximum atomic E-state index is 4.22. The molecular weight excluding hydrogens is 621 g/mol. The summed E-state index contributed by atoms with van der Waals surface area (Å²) in [7, 11) is 0. The van der Waals surface area contributed by atoms with E-state index in [9.17, 15) is 0 Å². The van der Waals surface area contributed by atoms with E-state index in [2.05, 4.69) is 93.3 Å². The molecule has 0 rings (SSSR count). The Kier molecular flexibility index (Phi) is 56.8. The van der Waals surface area contributed by atoms with Crippen molar-refractivity contribution in [2.75, 3.05) is 97.8 Å². The second kappa shape index (κ2) is 46.8.